The van der Waals surface area contributed by atoms with E-state index in [1.165, 1.54) is 24.0 Å². The molecule has 0 saturated carbocycles. The predicted molar refractivity (Wildman–Crippen MR) is 70.0 cm³/mol. The second-order valence-corrected chi connectivity index (χ2v) is 5.43. The summed E-state index contributed by atoms with van der Waals surface area (Å²) >= 11 is 3.67. The van der Waals surface area contributed by atoms with Crippen molar-refractivity contribution in [1.82, 2.24) is 5.32 Å². The molecule has 0 bridgehead atoms. The van der Waals surface area contributed by atoms with E-state index in [1.54, 1.807) is 7.11 Å². The number of hydrogen-bond acceptors (Lipinski definition) is 2. The van der Waals surface area contributed by atoms with Crippen molar-refractivity contribution in [3.63, 3.8) is 0 Å². The Labute approximate surface area is 106 Å². The van der Waals surface area contributed by atoms with Crippen LogP contribution >= 0.6 is 15.9 Å². The van der Waals surface area contributed by atoms with Gasteiger partial charge in [0, 0.05) is 5.54 Å². The number of methoxy groups -OCH3 is 1. The second kappa shape index (κ2) is 4.38. The lowest BCUT2D eigenvalue weighted by molar-refractivity contribution is 0.397. The molecule has 1 aliphatic rings. The fourth-order valence-corrected chi connectivity index (χ4v) is 3.50. The summed E-state index contributed by atoms with van der Waals surface area (Å²) in [4.78, 5) is 0. The summed E-state index contributed by atoms with van der Waals surface area (Å²) in [6, 6.07) is 4.32. The smallest absolute Gasteiger partial charge is 0.136 e. The van der Waals surface area contributed by atoms with Crippen LogP contribution in [0.15, 0.2) is 16.6 Å². The van der Waals surface area contributed by atoms with Gasteiger partial charge in [0.2, 0.25) is 0 Å². The molecule has 1 aromatic rings. The number of aryl methyl sites for hydroxylation is 1. The molecule has 0 amide bonds. The van der Waals surface area contributed by atoms with Crippen molar-refractivity contribution in [3.05, 3.63) is 27.7 Å². The minimum absolute atomic E-state index is 0.0831. The lowest BCUT2D eigenvalue weighted by Crippen LogP contribution is -2.33. The van der Waals surface area contributed by atoms with Crippen LogP contribution in [0, 0.1) is 6.92 Å². The van der Waals surface area contributed by atoms with Crippen LogP contribution < -0.4 is 10.1 Å². The van der Waals surface area contributed by atoms with Crippen LogP contribution in [0.2, 0.25) is 0 Å². The number of hydrogen-bond donors (Lipinski definition) is 1. The average molecular weight is 284 g/mol. The summed E-state index contributed by atoms with van der Waals surface area (Å²) < 4.78 is 6.54. The first-order valence-corrected chi connectivity index (χ1v) is 6.46. The first kappa shape index (κ1) is 11.9. The zero-order chi connectivity index (χ0) is 11.8. The highest BCUT2D eigenvalue weighted by molar-refractivity contribution is 9.10. The van der Waals surface area contributed by atoms with Crippen LogP contribution in [0.5, 0.6) is 5.75 Å². The van der Waals surface area contributed by atoms with Crippen molar-refractivity contribution in [3.8, 4) is 5.75 Å². The molecule has 1 N–H and O–H groups in total. The highest BCUT2D eigenvalue weighted by Crippen LogP contribution is 2.40. The maximum atomic E-state index is 5.45. The molecule has 1 heterocycles. The Bertz CT molecular complexity index is 397. The minimum Gasteiger partial charge on any atom is -0.495 e. The Kier molecular flexibility index (Phi) is 3.27. The van der Waals surface area contributed by atoms with E-state index in [2.05, 4.69) is 47.2 Å². The molecular formula is C13H18BrNO. The summed E-state index contributed by atoms with van der Waals surface area (Å²) in [6.45, 7) is 5.42. The Hall–Kier alpha value is -0.540. The molecule has 1 unspecified atom stereocenters. The van der Waals surface area contributed by atoms with Gasteiger partial charge in [-0.1, -0.05) is 12.1 Å². The molecule has 16 heavy (non-hydrogen) atoms. The molecule has 0 radical (unpaired) electrons. The predicted octanol–water partition coefficient (Wildman–Crippen LogP) is 3.36. The van der Waals surface area contributed by atoms with Gasteiger partial charge in [0.15, 0.2) is 0 Å². The number of ether oxygens (including phenoxy) is 1. The van der Waals surface area contributed by atoms with Crippen LogP contribution in [-0.4, -0.2) is 13.7 Å². The average Bonchev–Trinajstić information content (AvgIpc) is 2.66. The van der Waals surface area contributed by atoms with Crippen LogP contribution in [-0.2, 0) is 5.54 Å². The first-order chi connectivity index (χ1) is 7.58. The minimum atomic E-state index is 0.0831. The van der Waals surface area contributed by atoms with Gasteiger partial charge in [0.1, 0.15) is 5.75 Å². The topological polar surface area (TPSA) is 21.3 Å². The summed E-state index contributed by atoms with van der Waals surface area (Å²) in [5.74, 6) is 0.951. The van der Waals surface area contributed by atoms with Gasteiger partial charge in [-0.25, -0.2) is 0 Å². The van der Waals surface area contributed by atoms with Crippen molar-refractivity contribution in [1.29, 1.82) is 0 Å². The molecule has 0 aromatic heterocycles. The Balaban J connectivity index is 2.49. The largest absolute Gasteiger partial charge is 0.495 e. The summed E-state index contributed by atoms with van der Waals surface area (Å²) in [6.07, 6.45) is 2.41. The molecule has 1 fully saturated rings. The lowest BCUT2D eigenvalue weighted by atomic mass is 9.90. The normalized spacial score (nSPS) is 24.8. The maximum absolute atomic E-state index is 5.45. The summed E-state index contributed by atoms with van der Waals surface area (Å²) in [5.41, 5.74) is 2.55. The number of halogens is 1. The molecular weight excluding hydrogens is 266 g/mol. The van der Waals surface area contributed by atoms with Crippen molar-refractivity contribution >= 4 is 15.9 Å². The van der Waals surface area contributed by atoms with Crippen LogP contribution in [0.1, 0.15) is 30.9 Å². The molecule has 3 heteroatoms. The third-order valence-electron chi connectivity index (χ3n) is 3.46. The standard InChI is InChI=1S/C13H18BrNO/c1-9-5-6-10(11(14)12(9)16-3)13(2)7-4-8-15-13/h5-6,15H,4,7-8H2,1-3H3. The molecule has 2 rings (SSSR count). The van der Waals surface area contributed by atoms with Gasteiger partial charge in [-0.15, -0.1) is 0 Å². The monoisotopic (exact) mass is 283 g/mol. The first-order valence-electron chi connectivity index (χ1n) is 5.67. The quantitative estimate of drug-likeness (QED) is 0.899. The highest BCUT2D eigenvalue weighted by Gasteiger charge is 2.32. The molecule has 0 spiro atoms. The van der Waals surface area contributed by atoms with Crippen molar-refractivity contribution in [2.75, 3.05) is 13.7 Å². The Morgan fingerprint density at radius 1 is 1.44 bits per heavy atom. The van der Waals surface area contributed by atoms with E-state index in [4.69, 9.17) is 4.74 Å². The zero-order valence-corrected chi connectivity index (χ0v) is 11.6. The molecule has 1 atom stereocenters. The van der Waals surface area contributed by atoms with E-state index in [-0.39, 0.29) is 5.54 Å². The third-order valence-corrected chi connectivity index (χ3v) is 4.25. The van der Waals surface area contributed by atoms with E-state index in [9.17, 15) is 0 Å². The highest BCUT2D eigenvalue weighted by atomic mass is 79.9. The van der Waals surface area contributed by atoms with Crippen molar-refractivity contribution in [2.45, 2.75) is 32.2 Å². The van der Waals surface area contributed by atoms with E-state index >= 15 is 0 Å². The molecule has 1 aromatic carbocycles. The van der Waals surface area contributed by atoms with E-state index < -0.39 is 0 Å². The number of nitrogens with one attached hydrogen (secondary N) is 1. The van der Waals surface area contributed by atoms with Gasteiger partial charge < -0.3 is 10.1 Å². The third kappa shape index (κ3) is 1.87. The number of benzene rings is 1. The van der Waals surface area contributed by atoms with Crippen LogP contribution in [0.4, 0.5) is 0 Å². The fourth-order valence-electron chi connectivity index (χ4n) is 2.45. The van der Waals surface area contributed by atoms with Gasteiger partial charge in [0.25, 0.3) is 0 Å². The second-order valence-electron chi connectivity index (χ2n) is 4.64. The van der Waals surface area contributed by atoms with E-state index in [0.717, 1.165) is 16.8 Å². The lowest BCUT2D eigenvalue weighted by Gasteiger charge is -2.27. The molecule has 1 saturated heterocycles. The molecule has 2 nitrogen and oxygen atoms in total. The van der Waals surface area contributed by atoms with Gasteiger partial charge in [-0.05, 0) is 60.3 Å². The molecule has 1 aliphatic heterocycles. The number of rotatable bonds is 2. The van der Waals surface area contributed by atoms with Gasteiger partial charge in [-0.2, -0.15) is 0 Å². The summed E-state index contributed by atoms with van der Waals surface area (Å²) in [7, 11) is 1.72. The Morgan fingerprint density at radius 2 is 2.19 bits per heavy atom. The zero-order valence-electron chi connectivity index (χ0n) is 10.1. The van der Waals surface area contributed by atoms with Crippen molar-refractivity contribution in [2.24, 2.45) is 0 Å². The Morgan fingerprint density at radius 3 is 2.75 bits per heavy atom. The van der Waals surface area contributed by atoms with Crippen LogP contribution in [0.25, 0.3) is 0 Å². The van der Waals surface area contributed by atoms with Crippen LogP contribution in [0.3, 0.4) is 0 Å². The maximum Gasteiger partial charge on any atom is 0.136 e. The fraction of sp³-hybridized carbons (Fsp3) is 0.538. The van der Waals surface area contributed by atoms with E-state index in [1.807, 2.05) is 0 Å². The molecule has 0 aliphatic carbocycles. The van der Waals surface area contributed by atoms with Crippen molar-refractivity contribution < 1.29 is 4.74 Å². The molecule has 88 valence electrons. The SMILES string of the molecule is COc1c(C)ccc(C2(C)CCCN2)c1Br. The van der Waals surface area contributed by atoms with Gasteiger partial charge >= 0.3 is 0 Å². The van der Waals surface area contributed by atoms with Gasteiger partial charge in [0.05, 0.1) is 11.6 Å². The van der Waals surface area contributed by atoms with Gasteiger partial charge in [-0.3, -0.25) is 0 Å². The van der Waals surface area contributed by atoms with E-state index in [0.29, 0.717) is 0 Å². The summed E-state index contributed by atoms with van der Waals surface area (Å²) in [5, 5.41) is 3.58.